The Morgan fingerprint density at radius 1 is 1.08 bits per heavy atom. The summed E-state index contributed by atoms with van der Waals surface area (Å²) in [6.07, 6.45) is 0.890. The van der Waals surface area contributed by atoms with E-state index in [-0.39, 0.29) is 12.2 Å². The van der Waals surface area contributed by atoms with Gasteiger partial charge >= 0.3 is 0 Å². The number of nitrogens with one attached hydrogen (secondary N) is 1. The van der Waals surface area contributed by atoms with E-state index in [0.717, 1.165) is 19.2 Å². The van der Waals surface area contributed by atoms with E-state index in [4.69, 9.17) is 14.2 Å². The van der Waals surface area contributed by atoms with Crippen LogP contribution in [-0.4, -0.2) is 46.6 Å². The molecule has 1 aliphatic rings. The molecule has 12 heavy (non-hydrogen) atoms. The minimum absolute atomic E-state index is 0.00806. The molecule has 1 N–H and O–H groups in total. The molecule has 71 valence electrons. The molecule has 1 fully saturated rings. The third kappa shape index (κ3) is 1.95. The lowest BCUT2D eigenvalue weighted by Gasteiger charge is -2.34. The molecule has 4 heteroatoms. The van der Waals surface area contributed by atoms with Crippen molar-refractivity contribution in [2.24, 2.45) is 0 Å². The molecule has 0 aromatic heterocycles. The average molecular weight is 174 g/mol. The molecule has 0 amide bonds. The predicted molar refractivity (Wildman–Crippen MR) is 44.7 cm³/mol. The molecule has 0 spiro atoms. The van der Waals surface area contributed by atoms with Crippen molar-refractivity contribution in [3.63, 3.8) is 0 Å². The van der Waals surface area contributed by atoms with Crippen molar-refractivity contribution in [2.45, 2.75) is 12.2 Å². The molecule has 2 atom stereocenters. The Bertz CT molecular complexity index is 119. The maximum Gasteiger partial charge on any atom is 0.156 e. The molecular weight excluding hydrogens is 158 g/mol. The van der Waals surface area contributed by atoms with Crippen molar-refractivity contribution in [1.29, 1.82) is 0 Å². The van der Waals surface area contributed by atoms with Gasteiger partial charge in [-0.3, -0.25) is 0 Å². The Balaban J connectivity index is 2.52. The Labute approximate surface area is 73.2 Å². The predicted octanol–water partition coefficient (Wildman–Crippen LogP) is -0.202. The van der Waals surface area contributed by atoms with Crippen LogP contribution >= 0.6 is 0 Å². The van der Waals surface area contributed by atoms with Crippen LogP contribution in [0.1, 0.15) is 0 Å². The highest BCUT2D eigenvalue weighted by Gasteiger charge is 2.34. The van der Waals surface area contributed by atoms with Gasteiger partial charge in [0.25, 0.3) is 0 Å². The largest absolute Gasteiger partial charge is 0.377 e. The van der Waals surface area contributed by atoms with Crippen molar-refractivity contribution in [2.75, 3.05) is 34.4 Å². The molecular formula is C8H16NO3. The zero-order valence-electron chi connectivity index (χ0n) is 7.79. The standard InChI is InChI=1S/C8H16NO3/c1-10-6-4-9-5-7(11-2)8(6)12-3/h6-7,9H,4-5H2,1-3H3. The highest BCUT2D eigenvalue weighted by Crippen LogP contribution is 2.20. The highest BCUT2D eigenvalue weighted by atomic mass is 16.6. The maximum absolute atomic E-state index is 5.22. The van der Waals surface area contributed by atoms with E-state index in [1.54, 1.807) is 21.3 Å². The van der Waals surface area contributed by atoms with Crippen molar-refractivity contribution in [3.8, 4) is 0 Å². The molecule has 0 saturated carbocycles. The highest BCUT2D eigenvalue weighted by molar-refractivity contribution is 5.02. The summed E-state index contributed by atoms with van der Waals surface area (Å²) in [7, 11) is 4.99. The summed E-state index contributed by atoms with van der Waals surface area (Å²) >= 11 is 0. The van der Waals surface area contributed by atoms with E-state index in [9.17, 15) is 0 Å². The monoisotopic (exact) mass is 174 g/mol. The summed E-state index contributed by atoms with van der Waals surface area (Å²) in [4.78, 5) is 0. The van der Waals surface area contributed by atoms with Crippen LogP contribution in [-0.2, 0) is 14.2 Å². The Hall–Kier alpha value is -0.160. The molecule has 0 aromatic carbocycles. The first-order valence-corrected chi connectivity index (χ1v) is 4.00. The van der Waals surface area contributed by atoms with Crippen LogP contribution in [0.15, 0.2) is 0 Å². The van der Waals surface area contributed by atoms with Crippen molar-refractivity contribution in [3.05, 3.63) is 6.10 Å². The summed E-state index contributed by atoms with van der Waals surface area (Å²) in [5.74, 6) is 0. The number of piperidine rings is 1. The van der Waals surface area contributed by atoms with Gasteiger partial charge in [-0.15, -0.1) is 0 Å². The molecule has 0 aliphatic carbocycles. The summed E-state index contributed by atoms with van der Waals surface area (Å²) in [6, 6.07) is 0. The fourth-order valence-corrected chi connectivity index (χ4v) is 1.42. The lowest BCUT2D eigenvalue weighted by Crippen LogP contribution is -2.50. The van der Waals surface area contributed by atoms with Gasteiger partial charge in [0.15, 0.2) is 6.10 Å². The Morgan fingerprint density at radius 2 is 1.58 bits per heavy atom. The molecule has 1 radical (unpaired) electrons. The number of rotatable bonds is 3. The van der Waals surface area contributed by atoms with Gasteiger partial charge in [-0.05, 0) is 0 Å². The van der Waals surface area contributed by atoms with Gasteiger partial charge in [0.1, 0.15) is 12.2 Å². The zero-order valence-corrected chi connectivity index (χ0v) is 7.79. The van der Waals surface area contributed by atoms with Crippen LogP contribution in [0, 0.1) is 6.10 Å². The van der Waals surface area contributed by atoms with Gasteiger partial charge in [-0.1, -0.05) is 0 Å². The van der Waals surface area contributed by atoms with E-state index in [1.165, 1.54) is 0 Å². The normalized spacial score (nSPS) is 32.2. The molecule has 1 heterocycles. The molecule has 1 aliphatic heterocycles. The number of ether oxygens (including phenoxy) is 3. The summed E-state index contributed by atoms with van der Waals surface area (Å²) in [6.45, 7) is 1.58. The molecule has 4 nitrogen and oxygen atoms in total. The average Bonchev–Trinajstić information content (AvgIpc) is 2.16. The summed E-state index contributed by atoms with van der Waals surface area (Å²) in [5, 5.41) is 3.20. The van der Waals surface area contributed by atoms with E-state index in [0.29, 0.717) is 0 Å². The summed E-state index contributed by atoms with van der Waals surface area (Å²) < 4.78 is 15.7. The van der Waals surface area contributed by atoms with Gasteiger partial charge in [-0.2, -0.15) is 0 Å². The molecule has 0 bridgehead atoms. The van der Waals surface area contributed by atoms with Crippen molar-refractivity contribution < 1.29 is 14.2 Å². The first-order chi connectivity index (χ1) is 5.83. The number of hydrogen-bond acceptors (Lipinski definition) is 4. The van der Waals surface area contributed by atoms with Crippen LogP contribution in [0.4, 0.5) is 0 Å². The van der Waals surface area contributed by atoms with Gasteiger partial charge in [0.2, 0.25) is 0 Å². The molecule has 2 unspecified atom stereocenters. The number of methoxy groups -OCH3 is 3. The van der Waals surface area contributed by atoms with Gasteiger partial charge in [0, 0.05) is 34.4 Å². The molecule has 1 rings (SSSR count). The van der Waals surface area contributed by atoms with Crippen molar-refractivity contribution in [1.82, 2.24) is 5.32 Å². The van der Waals surface area contributed by atoms with Crippen LogP contribution in [0.5, 0.6) is 0 Å². The van der Waals surface area contributed by atoms with Crippen LogP contribution in [0.3, 0.4) is 0 Å². The number of hydrogen-bond donors (Lipinski definition) is 1. The smallest absolute Gasteiger partial charge is 0.156 e. The first kappa shape index (κ1) is 9.92. The minimum Gasteiger partial charge on any atom is -0.377 e. The van der Waals surface area contributed by atoms with Crippen LogP contribution < -0.4 is 5.32 Å². The second-order valence-electron chi connectivity index (χ2n) is 2.71. The van der Waals surface area contributed by atoms with Crippen LogP contribution in [0.2, 0.25) is 0 Å². The van der Waals surface area contributed by atoms with E-state index < -0.39 is 0 Å². The van der Waals surface area contributed by atoms with E-state index >= 15 is 0 Å². The first-order valence-electron chi connectivity index (χ1n) is 4.00. The lowest BCUT2D eigenvalue weighted by molar-refractivity contribution is -0.0545. The topological polar surface area (TPSA) is 39.7 Å². The summed E-state index contributed by atoms with van der Waals surface area (Å²) in [5.41, 5.74) is 0. The third-order valence-corrected chi connectivity index (χ3v) is 2.10. The fourth-order valence-electron chi connectivity index (χ4n) is 1.42. The third-order valence-electron chi connectivity index (χ3n) is 2.10. The SMILES string of the molecule is CO[C]1C(OC)CNCC1OC. The van der Waals surface area contributed by atoms with Gasteiger partial charge < -0.3 is 19.5 Å². The van der Waals surface area contributed by atoms with Gasteiger partial charge in [0.05, 0.1) is 0 Å². The Kier molecular flexibility index (Phi) is 3.94. The fraction of sp³-hybridized carbons (Fsp3) is 0.875. The zero-order chi connectivity index (χ0) is 8.97. The molecule has 1 saturated heterocycles. The Morgan fingerprint density at radius 3 is 1.92 bits per heavy atom. The van der Waals surface area contributed by atoms with E-state index in [1.807, 2.05) is 0 Å². The van der Waals surface area contributed by atoms with Crippen molar-refractivity contribution >= 4 is 0 Å². The minimum atomic E-state index is 0.00806. The second-order valence-corrected chi connectivity index (χ2v) is 2.71. The lowest BCUT2D eigenvalue weighted by atomic mass is 10.0. The second kappa shape index (κ2) is 4.77. The molecule has 0 aromatic rings. The van der Waals surface area contributed by atoms with E-state index in [2.05, 4.69) is 5.32 Å². The van der Waals surface area contributed by atoms with Crippen LogP contribution in [0.25, 0.3) is 0 Å². The maximum atomic E-state index is 5.22. The quantitative estimate of drug-likeness (QED) is 0.643. The van der Waals surface area contributed by atoms with Gasteiger partial charge in [-0.25, -0.2) is 0 Å².